The first-order valence-electron chi connectivity index (χ1n) is 7.29. The molecular weight excluding hydrogens is 368 g/mol. The van der Waals surface area contributed by atoms with Crippen molar-refractivity contribution in [1.29, 1.82) is 5.26 Å². The Labute approximate surface area is 150 Å². The molecule has 0 aliphatic rings. The van der Waals surface area contributed by atoms with Crippen molar-refractivity contribution < 1.29 is 9.53 Å². The van der Waals surface area contributed by atoms with Crippen molar-refractivity contribution in [3.05, 3.63) is 69.7 Å². The van der Waals surface area contributed by atoms with E-state index in [2.05, 4.69) is 22.0 Å². The number of methoxy groups -OCH3 is 1. The van der Waals surface area contributed by atoms with Crippen molar-refractivity contribution in [3.8, 4) is 11.8 Å². The molecule has 0 bridgehead atoms. The van der Waals surface area contributed by atoms with Gasteiger partial charge in [0.25, 0.3) is 0 Å². The molecule has 4 nitrogen and oxygen atoms in total. The van der Waals surface area contributed by atoms with E-state index in [1.54, 1.807) is 49.4 Å². The van der Waals surface area contributed by atoms with Gasteiger partial charge < -0.3 is 9.64 Å². The van der Waals surface area contributed by atoms with Crippen LogP contribution in [0, 0.1) is 11.3 Å². The number of carbonyl (C=O) groups is 1. The summed E-state index contributed by atoms with van der Waals surface area (Å²) in [6.45, 7) is 0.444. The highest BCUT2D eigenvalue weighted by molar-refractivity contribution is 9.10. The first-order chi connectivity index (χ1) is 11.5. The number of halogens is 1. The maximum atomic E-state index is 12.3. The maximum absolute atomic E-state index is 12.3. The molecule has 0 spiro atoms. The average molecular weight is 385 g/mol. The molecule has 0 aliphatic carbocycles. The fraction of sp³-hybridized carbons (Fsp3) is 0.158. The summed E-state index contributed by atoms with van der Waals surface area (Å²) in [4.78, 5) is 13.9. The molecule has 0 saturated carbocycles. The number of rotatable bonds is 5. The van der Waals surface area contributed by atoms with Crippen LogP contribution in [0.5, 0.6) is 5.75 Å². The summed E-state index contributed by atoms with van der Waals surface area (Å²) in [6, 6.07) is 14.8. The smallest absolute Gasteiger partial charge is 0.246 e. The molecule has 0 aliphatic heterocycles. The second-order valence-electron chi connectivity index (χ2n) is 5.22. The molecule has 1 amide bonds. The molecule has 0 unspecified atom stereocenters. The molecule has 2 aromatic rings. The maximum Gasteiger partial charge on any atom is 0.246 e. The van der Waals surface area contributed by atoms with Gasteiger partial charge in [-0.3, -0.25) is 4.79 Å². The minimum Gasteiger partial charge on any atom is -0.496 e. The highest BCUT2D eigenvalue weighted by atomic mass is 79.9. The first kappa shape index (κ1) is 17.8. The van der Waals surface area contributed by atoms with Crippen LogP contribution in [-0.4, -0.2) is 25.0 Å². The third-order valence-electron chi connectivity index (χ3n) is 3.48. The van der Waals surface area contributed by atoms with Crippen LogP contribution in [0.4, 0.5) is 0 Å². The lowest BCUT2D eigenvalue weighted by atomic mass is 10.1. The summed E-state index contributed by atoms with van der Waals surface area (Å²) >= 11 is 3.43. The third kappa shape index (κ3) is 4.71. The van der Waals surface area contributed by atoms with E-state index < -0.39 is 0 Å². The van der Waals surface area contributed by atoms with Gasteiger partial charge in [-0.2, -0.15) is 5.26 Å². The molecule has 122 valence electrons. The Morgan fingerprint density at radius 2 is 2.00 bits per heavy atom. The highest BCUT2D eigenvalue weighted by Gasteiger charge is 2.10. The fourth-order valence-electron chi connectivity index (χ4n) is 2.17. The summed E-state index contributed by atoms with van der Waals surface area (Å²) in [5.41, 5.74) is 2.39. The Hall–Kier alpha value is -2.58. The molecule has 2 rings (SSSR count). The predicted octanol–water partition coefficient (Wildman–Crippen LogP) is 4.00. The molecule has 0 fully saturated rings. The average Bonchev–Trinajstić information content (AvgIpc) is 2.60. The number of ether oxygens (including phenoxy) is 1. The van der Waals surface area contributed by atoms with E-state index in [1.807, 2.05) is 18.2 Å². The monoisotopic (exact) mass is 384 g/mol. The molecule has 5 heteroatoms. The second-order valence-corrected chi connectivity index (χ2v) is 6.13. The number of benzene rings is 2. The van der Waals surface area contributed by atoms with E-state index in [0.717, 1.165) is 21.3 Å². The van der Waals surface area contributed by atoms with Gasteiger partial charge in [0.15, 0.2) is 0 Å². The molecular formula is C19H17BrN2O2. The van der Waals surface area contributed by atoms with Gasteiger partial charge in [-0.1, -0.05) is 28.1 Å². The van der Waals surface area contributed by atoms with Crippen molar-refractivity contribution >= 4 is 27.9 Å². The van der Waals surface area contributed by atoms with Crippen LogP contribution in [0.1, 0.15) is 16.7 Å². The summed E-state index contributed by atoms with van der Waals surface area (Å²) in [5, 5.41) is 8.78. The van der Waals surface area contributed by atoms with Gasteiger partial charge in [0, 0.05) is 29.7 Å². The van der Waals surface area contributed by atoms with Crippen molar-refractivity contribution in [2.24, 2.45) is 0 Å². The molecule has 2 aromatic carbocycles. The zero-order chi connectivity index (χ0) is 17.5. The topological polar surface area (TPSA) is 53.3 Å². The van der Waals surface area contributed by atoms with E-state index in [9.17, 15) is 4.79 Å². The van der Waals surface area contributed by atoms with Crippen LogP contribution < -0.4 is 4.74 Å². The number of hydrogen-bond donors (Lipinski definition) is 0. The summed E-state index contributed by atoms with van der Waals surface area (Å²) in [7, 11) is 3.35. The highest BCUT2D eigenvalue weighted by Crippen LogP contribution is 2.24. The number of hydrogen-bond acceptors (Lipinski definition) is 3. The Bertz CT molecular complexity index is 792. The summed E-state index contributed by atoms with van der Waals surface area (Å²) in [5.74, 6) is 0.635. The van der Waals surface area contributed by atoms with E-state index in [4.69, 9.17) is 10.00 Å². The van der Waals surface area contributed by atoms with Crippen molar-refractivity contribution in [3.63, 3.8) is 0 Å². The van der Waals surface area contributed by atoms with Crippen LogP contribution in [-0.2, 0) is 11.3 Å². The summed E-state index contributed by atoms with van der Waals surface area (Å²) in [6.07, 6.45) is 3.25. The van der Waals surface area contributed by atoms with E-state index in [0.29, 0.717) is 12.1 Å². The molecule has 0 saturated heterocycles. The second kappa shape index (κ2) is 8.32. The molecule has 24 heavy (non-hydrogen) atoms. The van der Waals surface area contributed by atoms with E-state index >= 15 is 0 Å². The van der Waals surface area contributed by atoms with Crippen LogP contribution in [0.25, 0.3) is 6.08 Å². The predicted molar refractivity (Wildman–Crippen MR) is 97.4 cm³/mol. The Morgan fingerprint density at radius 3 is 2.62 bits per heavy atom. The Morgan fingerprint density at radius 1 is 1.29 bits per heavy atom. The SMILES string of the molecule is COc1ccc(Br)cc1CN(C)C(=O)C=Cc1ccc(C#N)cc1. The minimum absolute atomic E-state index is 0.110. The standard InChI is InChI=1S/C19H17BrN2O2/c1-22(13-16-11-17(20)8-9-18(16)24-2)19(23)10-7-14-3-5-15(12-21)6-4-14/h3-11H,13H2,1-2H3. The zero-order valence-corrected chi connectivity index (χ0v) is 15.1. The van der Waals surface area contributed by atoms with Gasteiger partial charge in [-0.25, -0.2) is 0 Å². The van der Waals surface area contributed by atoms with Gasteiger partial charge in [0.1, 0.15) is 5.75 Å². The lowest BCUT2D eigenvalue weighted by molar-refractivity contribution is -0.125. The third-order valence-corrected chi connectivity index (χ3v) is 3.98. The number of nitriles is 1. The van der Waals surface area contributed by atoms with Gasteiger partial charge >= 0.3 is 0 Å². The minimum atomic E-state index is -0.110. The van der Waals surface area contributed by atoms with Crippen LogP contribution in [0.15, 0.2) is 53.0 Å². The normalized spacial score (nSPS) is 10.4. The molecule has 0 atom stereocenters. The lowest BCUT2D eigenvalue weighted by Gasteiger charge is -2.17. The van der Waals surface area contributed by atoms with Gasteiger partial charge in [0.05, 0.1) is 18.7 Å². The fourth-order valence-corrected chi connectivity index (χ4v) is 2.58. The van der Waals surface area contributed by atoms with Gasteiger partial charge in [-0.15, -0.1) is 0 Å². The van der Waals surface area contributed by atoms with Crippen LogP contribution >= 0.6 is 15.9 Å². The Balaban J connectivity index is 2.05. The van der Waals surface area contributed by atoms with Gasteiger partial charge in [-0.05, 0) is 42.0 Å². The van der Waals surface area contributed by atoms with Crippen molar-refractivity contribution in [1.82, 2.24) is 4.90 Å². The quantitative estimate of drug-likeness (QED) is 0.731. The first-order valence-corrected chi connectivity index (χ1v) is 8.08. The molecule has 0 N–H and O–H groups in total. The number of amides is 1. The van der Waals surface area contributed by atoms with E-state index in [1.165, 1.54) is 6.08 Å². The van der Waals surface area contributed by atoms with Gasteiger partial charge in [0.2, 0.25) is 5.91 Å². The summed E-state index contributed by atoms with van der Waals surface area (Å²) < 4.78 is 6.27. The molecule has 0 radical (unpaired) electrons. The lowest BCUT2D eigenvalue weighted by Crippen LogP contribution is -2.24. The molecule has 0 aromatic heterocycles. The molecule has 0 heterocycles. The van der Waals surface area contributed by atoms with Crippen molar-refractivity contribution in [2.45, 2.75) is 6.54 Å². The largest absolute Gasteiger partial charge is 0.496 e. The number of carbonyl (C=O) groups excluding carboxylic acids is 1. The van der Waals surface area contributed by atoms with Crippen LogP contribution in [0.2, 0.25) is 0 Å². The number of nitrogens with zero attached hydrogens (tertiary/aromatic N) is 2. The van der Waals surface area contributed by atoms with E-state index in [-0.39, 0.29) is 5.91 Å². The van der Waals surface area contributed by atoms with Crippen LogP contribution in [0.3, 0.4) is 0 Å². The Kier molecular flexibility index (Phi) is 6.16. The number of likely N-dealkylation sites (N-methyl/N-ethyl adjacent to an activating group) is 1. The van der Waals surface area contributed by atoms with Crippen molar-refractivity contribution in [2.75, 3.05) is 14.2 Å². The zero-order valence-electron chi connectivity index (χ0n) is 13.5.